The highest BCUT2D eigenvalue weighted by Crippen LogP contribution is 2.39. The molecule has 0 saturated carbocycles. The molecule has 0 radical (unpaired) electrons. The van der Waals surface area contributed by atoms with Crippen molar-refractivity contribution in [1.82, 2.24) is 0 Å². The zero-order chi connectivity index (χ0) is 14.0. The van der Waals surface area contributed by atoms with Crippen molar-refractivity contribution >= 4 is 15.8 Å². The lowest BCUT2D eigenvalue weighted by Gasteiger charge is -2.30. The van der Waals surface area contributed by atoms with E-state index in [1.807, 2.05) is 24.3 Å². The van der Waals surface area contributed by atoms with Crippen LogP contribution in [0.25, 0.3) is 0 Å². The number of hydrogen-bond donors (Lipinski definition) is 1. The molecule has 1 N–H and O–H groups in total. The van der Waals surface area contributed by atoms with Gasteiger partial charge >= 0.3 is 5.97 Å². The first-order chi connectivity index (χ1) is 8.88. The fraction of sp³-hybridized carbons (Fsp3) is 0.500. The van der Waals surface area contributed by atoms with E-state index in [0.29, 0.717) is 12.8 Å². The monoisotopic (exact) mass is 282 g/mol. The first kappa shape index (κ1) is 14.1. The third kappa shape index (κ3) is 3.35. The Morgan fingerprint density at radius 1 is 1.37 bits per heavy atom. The molecule has 1 aromatic rings. The topological polar surface area (TPSA) is 71.4 Å². The third-order valence-electron chi connectivity index (χ3n) is 3.74. The number of carboxylic acid groups (broad SMARTS) is 1. The molecule has 0 saturated heterocycles. The summed E-state index contributed by atoms with van der Waals surface area (Å²) < 4.78 is 23.8. The van der Waals surface area contributed by atoms with Crippen molar-refractivity contribution < 1.29 is 18.3 Å². The molecule has 1 unspecified atom stereocenters. The number of carbonyl (C=O) groups is 1. The van der Waals surface area contributed by atoms with E-state index in [4.69, 9.17) is 5.11 Å². The summed E-state index contributed by atoms with van der Waals surface area (Å²) in [4.78, 5) is 10.6. The average molecular weight is 282 g/mol. The maximum Gasteiger partial charge on any atom is 0.303 e. The third-order valence-corrected chi connectivity index (χ3v) is 5.22. The standard InChI is InChI=1S/C14H18O4S/c1-19(17,18)13-9-10(6-7-14(15)16)8-11-4-2-3-5-12(11)13/h2-5,10,13H,6-9H2,1H3,(H,15,16)/t10-,13?/m1/s1. The Hall–Kier alpha value is -1.36. The molecule has 104 valence electrons. The molecule has 0 bridgehead atoms. The predicted molar refractivity (Wildman–Crippen MR) is 72.7 cm³/mol. The van der Waals surface area contributed by atoms with Crippen LogP contribution in [0.5, 0.6) is 0 Å². The summed E-state index contributed by atoms with van der Waals surface area (Å²) in [6.45, 7) is 0. The summed E-state index contributed by atoms with van der Waals surface area (Å²) in [5, 5.41) is 8.26. The summed E-state index contributed by atoms with van der Waals surface area (Å²) in [5.41, 5.74) is 1.93. The van der Waals surface area contributed by atoms with Gasteiger partial charge in [0, 0.05) is 12.7 Å². The van der Waals surface area contributed by atoms with Crippen LogP contribution in [0, 0.1) is 5.92 Å². The van der Waals surface area contributed by atoms with Gasteiger partial charge in [0.2, 0.25) is 0 Å². The van der Waals surface area contributed by atoms with E-state index < -0.39 is 21.1 Å². The normalized spacial score (nSPS) is 22.8. The number of aliphatic carboxylic acids is 1. The van der Waals surface area contributed by atoms with Gasteiger partial charge in [0.1, 0.15) is 0 Å². The van der Waals surface area contributed by atoms with Gasteiger partial charge in [0.25, 0.3) is 0 Å². The van der Waals surface area contributed by atoms with Gasteiger partial charge < -0.3 is 5.11 Å². The van der Waals surface area contributed by atoms with E-state index >= 15 is 0 Å². The number of benzene rings is 1. The molecule has 1 aromatic carbocycles. The van der Waals surface area contributed by atoms with E-state index in [1.165, 1.54) is 6.26 Å². The quantitative estimate of drug-likeness (QED) is 0.919. The van der Waals surface area contributed by atoms with Crippen molar-refractivity contribution in [2.24, 2.45) is 5.92 Å². The molecule has 5 heteroatoms. The molecule has 0 aliphatic heterocycles. The minimum absolute atomic E-state index is 0.101. The largest absolute Gasteiger partial charge is 0.481 e. The second-order valence-electron chi connectivity index (χ2n) is 5.26. The minimum atomic E-state index is -3.16. The second kappa shape index (κ2) is 5.33. The molecule has 2 rings (SSSR count). The molecular formula is C14H18O4S. The smallest absolute Gasteiger partial charge is 0.303 e. The van der Waals surface area contributed by atoms with Crippen LogP contribution in [-0.4, -0.2) is 25.7 Å². The SMILES string of the molecule is CS(=O)(=O)C1C[C@H](CCC(=O)O)Cc2ccccc21. The summed E-state index contributed by atoms with van der Waals surface area (Å²) in [6.07, 6.45) is 3.20. The number of hydrogen-bond acceptors (Lipinski definition) is 3. The second-order valence-corrected chi connectivity index (χ2v) is 7.48. The molecule has 0 heterocycles. The van der Waals surface area contributed by atoms with Gasteiger partial charge in [-0.15, -0.1) is 0 Å². The van der Waals surface area contributed by atoms with E-state index in [1.54, 1.807) is 0 Å². The Kier molecular flexibility index (Phi) is 3.94. The lowest BCUT2D eigenvalue weighted by atomic mass is 9.81. The first-order valence-electron chi connectivity index (χ1n) is 6.36. The van der Waals surface area contributed by atoms with Crippen LogP contribution in [0.4, 0.5) is 0 Å². The molecule has 2 atom stereocenters. The van der Waals surface area contributed by atoms with Gasteiger partial charge in [-0.1, -0.05) is 24.3 Å². The number of sulfone groups is 1. The fourth-order valence-electron chi connectivity index (χ4n) is 2.81. The van der Waals surface area contributed by atoms with Crippen LogP contribution >= 0.6 is 0 Å². The van der Waals surface area contributed by atoms with Gasteiger partial charge in [-0.2, -0.15) is 0 Å². The van der Waals surface area contributed by atoms with Crippen molar-refractivity contribution in [3.05, 3.63) is 35.4 Å². The minimum Gasteiger partial charge on any atom is -0.481 e. The molecule has 19 heavy (non-hydrogen) atoms. The van der Waals surface area contributed by atoms with Gasteiger partial charge in [0.05, 0.1) is 5.25 Å². The fourth-order valence-corrected chi connectivity index (χ4v) is 4.12. The Labute approximate surface area is 113 Å². The lowest BCUT2D eigenvalue weighted by molar-refractivity contribution is -0.137. The zero-order valence-electron chi connectivity index (χ0n) is 10.9. The number of carboxylic acids is 1. The number of fused-ring (bicyclic) bond motifs is 1. The molecular weight excluding hydrogens is 264 g/mol. The summed E-state index contributed by atoms with van der Waals surface area (Å²) in [6, 6.07) is 7.57. The number of rotatable bonds is 4. The predicted octanol–water partition coefficient (Wildman–Crippen LogP) is 2.20. The molecule has 4 nitrogen and oxygen atoms in total. The van der Waals surface area contributed by atoms with Gasteiger partial charge in [-0.25, -0.2) is 8.42 Å². The highest BCUT2D eigenvalue weighted by molar-refractivity contribution is 7.90. The van der Waals surface area contributed by atoms with Crippen molar-refractivity contribution in [1.29, 1.82) is 0 Å². The van der Waals surface area contributed by atoms with E-state index in [2.05, 4.69) is 0 Å². The van der Waals surface area contributed by atoms with Crippen LogP contribution in [0.2, 0.25) is 0 Å². The van der Waals surface area contributed by atoms with Crippen molar-refractivity contribution in [2.45, 2.75) is 30.9 Å². The Bertz CT molecular complexity index is 577. The van der Waals surface area contributed by atoms with Gasteiger partial charge in [-0.3, -0.25) is 4.79 Å². The highest BCUT2D eigenvalue weighted by atomic mass is 32.2. The Morgan fingerprint density at radius 3 is 2.68 bits per heavy atom. The van der Waals surface area contributed by atoms with Crippen molar-refractivity contribution in [2.75, 3.05) is 6.26 Å². The molecule has 1 aliphatic carbocycles. The summed E-state index contributed by atoms with van der Waals surface area (Å²) >= 11 is 0. The van der Waals surface area contributed by atoms with Gasteiger partial charge in [-0.05, 0) is 36.3 Å². The van der Waals surface area contributed by atoms with Crippen LogP contribution in [0.3, 0.4) is 0 Å². The van der Waals surface area contributed by atoms with Crippen LogP contribution in [-0.2, 0) is 21.1 Å². The summed E-state index contributed by atoms with van der Waals surface area (Å²) in [7, 11) is -3.16. The van der Waals surface area contributed by atoms with Crippen molar-refractivity contribution in [3.8, 4) is 0 Å². The maximum absolute atomic E-state index is 11.9. The van der Waals surface area contributed by atoms with E-state index in [-0.39, 0.29) is 12.3 Å². The lowest BCUT2D eigenvalue weighted by Crippen LogP contribution is -2.24. The first-order valence-corrected chi connectivity index (χ1v) is 8.32. The zero-order valence-corrected chi connectivity index (χ0v) is 11.7. The molecule has 0 spiro atoms. The average Bonchev–Trinajstić information content (AvgIpc) is 2.34. The Morgan fingerprint density at radius 2 is 2.05 bits per heavy atom. The molecule has 0 fully saturated rings. The van der Waals surface area contributed by atoms with Crippen LogP contribution < -0.4 is 0 Å². The summed E-state index contributed by atoms with van der Waals surface area (Å²) in [5.74, 6) is -0.694. The Balaban J connectivity index is 2.27. The maximum atomic E-state index is 11.9. The van der Waals surface area contributed by atoms with Crippen LogP contribution in [0.1, 0.15) is 35.6 Å². The molecule has 0 amide bonds. The van der Waals surface area contributed by atoms with E-state index in [0.717, 1.165) is 17.5 Å². The highest BCUT2D eigenvalue weighted by Gasteiger charge is 2.32. The molecule has 0 aromatic heterocycles. The van der Waals surface area contributed by atoms with Gasteiger partial charge in [0.15, 0.2) is 9.84 Å². The van der Waals surface area contributed by atoms with Crippen LogP contribution in [0.15, 0.2) is 24.3 Å². The van der Waals surface area contributed by atoms with Crippen molar-refractivity contribution in [3.63, 3.8) is 0 Å². The van der Waals surface area contributed by atoms with E-state index in [9.17, 15) is 13.2 Å². The molecule has 1 aliphatic rings.